The van der Waals surface area contributed by atoms with Crippen LogP contribution in [0.25, 0.3) is 10.9 Å². The van der Waals surface area contributed by atoms with Crippen molar-refractivity contribution in [1.29, 1.82) is 0 Å². The Labute approximate surface area is 126 Å². The van der Waals surface area contributed by atoms with Crippen LogP contribution in [-0.2, 0) is 0 Å². The molecule has 0 fully saturated rings. The third kappa shape index (κ3) is 2.62. The average molecular weight is 292 g/mol. The van der Waals surface area contributed by atoms with Gasteiger partial charge in [-0.3, -0.25) is 9.59 Å². The molecule has 1 heterocycles. The zero-order valence-corrected chi connectivity index (χ0v) is 11.5. The maximum absolute atomic E-state index is 12.4. The molecule has 0 aliphatic rings. The van der Waals surface area contributed by atoms with E-state index < -0.39 is 5.91 Å². The first-order valence-corrected chi connectivity index (χ1v) is 6.56. The van der Waals surface area contributed by atoms with Gasteiger partial charge in [0, 0.05) is 16.6 Å². The summed E-state index contributed by atoms with van der Waals surface area (Å²) < 4.78 is 0. The zero-order valence-electron chi connectivity index (χ0n) is 11.5. The summed E-state index contributed by atoms with van der Waals surface area (Å²) in [5.41, 5.74) is 7.11. The molecule has 0 radical (unpaired) electrons. The van der Waals surface area contributed by atoms with Crippen molar-refractivity contribution in [3.8, 4) is 0 Å². The third-order valence-corrected chi connectivity index (χ3v) is 3.19. The lowest BCUT2D eigenvalue weighted by molar-refractivity contribution is 0.0998. The predicted molar refractivity (Wildman–Crippen MR) is 82.5 cm³/mol. The minimum atomic E-state index is -0.514. The highest BCUT2D eigenvalue weighted by Crippen LogP contribution is 2.16. The summed E-state index contributed by atoms with van der Waals surface area (Å²) in [5.74, 6) is -0.856. The number of carbonyl (C=O) groups is 2. The molecule has 0 bridgehead atoms. The van der Waals surface area contributed by atoms with Gasteiger partial charge in [0.1, 0.15) is 12.0 Å². The molecule has 108 valence electrons. The summed E-state index contributed by atoms with van der Waals surface area (Å²) in [6.07, 6.45) is 1.35. The van der Waals surface area contributed by atoms with Crippen molar-refractivity contribution in [3.63, 3.8) is 0 Å². The highest BCUT2D eigenvalue weighted by molar-refractivity contribution is 6.10. The van der Waals surface area contributed by atoms with Crippen LogP contribution in [0.5, 0.6) is 0 Å². The standard InChI is InChI=1S/C16H12N4O2/c17-15(21)10-5-7-11(8-6-10)20-16(22)14-12-3-1-2-4-13(12)18-9-19-14/h1-9H,(H2,17,21)(H,20,22). The van der Waals surface area contributed by atoms with Gasteiger partial charge in [-0.15, -0.1) is 0 Å². The summed E-state index contributed by atoms with van der Waals surface area (Å²) >= 11 is 0. The van der Waals surface area contributed by atoms with Gasteiger partial charge in [0.2, 0.25) is 5.91 Å². The van der Waals surface area contributed by atoms with Crippen LogP contribution in [0, 0.1) is 0 Å². The number of para-hydroxylation sites is 1. The Hall–Kier alpha value is -3.28. The van der Waals surface area contributed by atoms with E-state index in [2.05, 4.69) is 15.3 Å². The lowest BCUT2D eigenvalue weighted by atomic mass is 10.1. The number of benzene rings is 2. The van der Waals surface area contributed by atoms with Crippen LogP contribution < -0.4 is 11.1 Å². The number of hydrogen-bond donors (Lipinski definition) is 2. The zero-order chi connectivity index (χ0) is 15.5. The lowest BCUT2D eigenvalue weighted by Crippen LogP contribution is -2.15. The van der Waals surface area contributed by atoms with Crippen molar-refractivity contribution in [2.45, 2.75) is 0 Å². The van der Waals surface area contributed by atoms with Gasteiger partial charge in [0.05, 0.1) is 5.52 Å². The molecule has 22 heavy (non-hydrogen) atoms. The van der Waals surface area contributed by atoms with Crippen LogP contribution in [0.15, 0.2) is 54.9 Å². The summed E-state index contributed by atoms with van der Waals surface area (Å²) in [7, 11) is 0. The number of anilines is 1. The largest absolute Gasteiger partial charge is 0.366 e. The summed E-state index contributed by atoms with van der Waals surface area (Å²) in [6.45, 7) is 0. The van der Waals surface area contributed by atoms with E-state index in [4.69, 9.17) is 5.73 Å². The van der Waals surface area contributed by atoms with Crippen molar-refractivity contribution >= 4 is 28.4 Å². The molecule has 3 aromatic rings. The number of fused-ring (bicyclic) bond motifs is 1. The van der Waals surface area contributed by atoms with Crippen LogP contribution >= 0.6 is 0 Å². The number of carbonyl (C=O) groups excluding carboxylic acids is 2. The maximum atomic E-state index is 12.4. The van der Waals surface area contributed by atoms with Gasteiger partial charge in [-0.2, -0.15) is 0 Å². The fourth-order valence-electron chi connectivity index (χ4n) is 2.09. The van der Waals surface area contributed by atoms with Crippen LogP contribution in [0.3, 0.4) is 0 Å². The Bertz CT molecular complexity index is 854. The number of primary amides is 1. The minimum absolute atomic E-state index is 0.296. The molecule has 2 amide bonds. The first-order chi connectivity index (χ1) is 10.6. The first-order valence-electron chi connectivity index (χ1n) is 6.56. The van der Waals surface area contributed by atoms with E-state index in [1.54, 1.807) is 30.3 Å². The van der Waals surface area contributed by atoms with Crippen LogP contribution in [-0.4, -0.2) is 21.8 Å². The Morgan fingerprint density at radius 3 is 2.41 bits per heavy atom. The number of nitrogens with two attached hydrogens (primary N) is 1. The summed E-state index contributed by atoms with van der Waals surface area (Å²) in [6, 6.07) is 13.6. The minimum Gasteiger partial charge on any atom is -0.366 e. The summed E-state index contributed by atoms with van der Waals surface area (Å²) in [4.78, 5) is 31.5. The molecule has 0 spiro atoms. The number of aromatic nitrogens is 2. The van der Waals surface area contributed by atoms with Crippen LogP contribution in [0.1, 0.15) is 20.8 Å². The van der Waals surface area contributed by atoms with E-state index in [9.17, 15) is 9.59 Å². The van der Waals surface area contributed by atoms with Gasteiger partial charge < -0.3 is 11.1 Å². The highest BCUT2D eigenvalue weighted by atomic mass is 16.2. The molecule has 6 heteroatoms. The van der Waals surface area contributed by atoms with Gasteiger partial charge in [-0.25, -0.2) is 9.97 Å². The fraction of sp³-hybridized carbons (Fsp3) is 0. The van der Waals surface area contributed by atoms with Crippen LogP contribution in [0.2, 0.25) is 0 Å². The molecule has 0 aliphatic carbocycles. The molecular weight excluding hydrogens is 280 g/mol. The Morgan fingerprint density at radius 2 is 1.68 bits per heavy atom. The van der Waals surface area contributed by atoms with Gasteiger partial charge in [0.25, 0.3) is 5.91 Å². The quantitative estimate of drug-likeness (QED) is 0.771. The number of hydrogen-bond acceptors (Lipinski definition) is 4. The highest BCUT2D eigenvalue weighted by Gasteiger charge is 2.12. The molecule has 0 aliphatic heterocycles. The summed E-state index contributed by atoms with van der Waals surface area (Å²) in [5, 5.41) is 3.41. The van der Waals surface area contributed by atoms with Crippen molar-refractivity contribution in [2.24, 2.45) is 5.73 Å². The normalized spacial score (nSPS) is 10.4. The number of nitrogens with zero attached hydrogens (tertiary/aromatic N) is 2. The molecule has 0 unspecified atom stereocenters. The molecule has 3 rings (SSSR count). The molecular formula is C16H12N4O2. The number of nitrogens with one attached hydrogen (secondary N) is 1. The van der Waals surface area contributed by atoms with Gasteiger partial charge in [0.15, 0.2) is 0 Å². The van der Waals surface area contributed by atoms with Crippen molar-refractivity contribution in [2.75, 3.05) is 5.32 Å². The maximum Gasteiger partial charge on any atom is 0.275 e. The second-order valence-corrected chi connectivity index (χ2v) is 4.64. The lowest BCUT2D eigenvalue weighted by Gasteiger charge is -2.07. The molecule has 2 aromatic carbocycles. The van der Waals surface area contributed by atoms with E-state index in [1.165, 1.54) is 6.33 Å². The Balaban J connectivity index is 1.89. The SMILES string of the molecule is NC(=O)c1ccc(NC(=O)c2ncnc3ccccc23)cc1. The van der Waals surface area contributed by atoms with E-state index in [-0.39, 0.29) is 5.91 Å². The molecule has 0 saturated carbocycles. The van der Waals surface area contributed by atoms with E-state index in [0.717, 1.165) is 0 Å². The molecule has 3 N–H and O–H groups in total. The van der Waals surface area contributed by atoms with E-state index >= 15 is 0 Å². The first kappa shape index (κ1) is 13.7. The van der Waals surface area contributed by atoms with Gasteiger partial charge >= 0.3 is 0 Å². The number of rotatable bonds is 3. The average Bonchev–Trinajstić information content (AvgIpc) is 2.54. The van der Waals surface area contributed by atoms with Crippen molar-refractivity contribution < 1.29 is 9.59 Å². The Kier molecular flexibility index (Phi) is 3.49. The second-order valence-electron chi connectivity index (χ2n) is 4.64. The third-order valence-electron chi connectivity index (χ3n) is 3.19. The van der Waals surface area contributed by atoms with E-state index in [1.807, 2.05) is 18.2 Å². The van der Waals surface area contributed by atoms with Gasteiger partial charge in [-0.1, -0.05) is 18.2 Å². The Morgan fingerprint density at radius 1 is 0.955 bits per heavy atom. The molecule has 0 atom stereocenters. The molecule has 0 saturated heterocycles. The smallest absolute Gasteiger partial charge is 0.275 e. The number of amides is 2. The fourth-order valence-corrected chi connectivity index (χ4v) is 2.09. The van der Waals surface area contributed by atoms with Crippen molar-refractivity contribution in [1.82, 2.24) is 9.97 Å². The molecule has 1 aromatic heterocycles. The predicted octanol–water partition coefficient (Wildman–Crippen LogP) is 1.98. The van der Waals surface area contributed by atoms with Crippen LogP contribution in [0.4, 0.5) is 5.69 Å². The molecule has 6 nitrogen and oxygen atoms in total. The van der Waals surface area contributed by atoms with Gasteiger partial charge in [-0.05, 0) is 30.3 Å². The van der Waals surface area contributed by atoms with Crippen molar-refractivity contribution in [3.05, 3.63) is 66.1 Å². The second kappa shape index (κ2) is 5.61. The monoisotopic (exact) mass is 292 g/mol. The topological polar surface area (TPSA) is 98.0 Å². The van der Waals surface area contributed by atoms with E-state index in [0.29, 0.717) is 27.8 Å².